The van der Waals surface area contributed by atoms with E-state index in [0.717, 1.165) is 52.0 Å². The lowest BCUT2D eigenvalue weighted by Crippen LogP contribution is -2.55. The molecule has 2 saturated heterocycles. The van der Waals surface area contributed by atoms with Gasteiger partial charge in [0, 0.05) is 51.1 Å². The molecular formula is C15H27N3O2. The highest BCUT2D eigenvalue weighted by atomic mass is 16.2. The van der Waals surface area contributed by atoms with Crippen LogP contribution in [0.15, 0.2) is 0 Å². The Morgan fingerprint density at radius 2 is 1.90 bits per heavy atom. The first kappa shape index (κ1) is 15.3. The number of hydrogen-bond acceptors (Lipinski definition) is 3. The molecule has 114 valence electrons. The highest BCUT2D eigenvalue weighted by Crippen LogP contribution is 2.22. The minimum Gasteiger partial charge on any atom is -0.343 e. The van der Waals surface area contributed by atoms with Crippen molar-refractivity contribution in [2.45, 2.75) is 45.6 Å². The van der Waals surface area contributed by atoms with Gasteiger partial charge in [0.15, 0.2) is 0 Å². The van der Waals surface area contributed by atoms with Crippen LogP contribution in [0.25, 0.3) is 0 Å². The summed E-state index contributed by atoms with van der Waals surface area (Å²) < 4.78 is 0. The lowest BCUT2D eigenvalue weighted by atomic mass is 9.94. The van der Waals surface area contributed by atoms with E-state index in [1.807, 2.05) is 16.7 Å². The van der Waals surface area contributed by atoms with Crippen LogP contribution in [-0.2, 0) is 9.59 Å². The number of likely N-dealkylation sites (tertiary alicyclic amines) is 1. The van der Waals surface area contributed by atoms with E-state index in [9.17, 15) is 9.59 Å². The number of rotatable bonds is 3. The molecule has 1 N–H and O–H groups in total. The molecular weight excluding hydrogens is 254 g/mol. The van der Waals surface area contributed by atoms with E-state index in [0.29, 0.717) is 12.3 Å². The van der Waals surface area contributed by atoms with E-state index in [1.54, 1.807) is 0 Å². The third-order valence-electron chi connectivity index (χ3n) is 4.45. The van der Waals surface area contributed by atoms with Gasteiger partial charge in [0.05, 0.1) is 0 Å². The molecule has 2 heterocycles. The Morgan fingerprint density at radius 3 is 2.50 bits per heavy atom. The average Bonchev–Trinajstić information content (AvgIpc) is 2.47. The summed E-state index contributed by atoms with van der Waals surface area (Å²) in [6.07, 6.45) is 3.18. The van der Waals surface area contributed by atoms with Crippen LogP contribution in [0.5, 0.6) is 0 Å². The van der Waals surface area contributed by atoms with Crippen molar-refractivity contribution < 1.29 is 9.59 Å². The molecule has 0 aromatic heterocycles. The van der Waals surface area contributed by atoms with E-state index < -0.39 is 0 Å². The van der Waals surface area contributed by atoms with Gasteiger partial charge < -0.3 is 15.1 Å². The van der Waals surface area contributed by atoms with E-state index in [4.69, 9.17) is 0 Å². The Morgan fingerprint density at radius 1 is 1.20 bits per heavy atom. The molecule has 0 aliphatic carbocycles. The Kier molecular flexibility index (Phi) is 5.40. The maximum Gasteiger partial charge on any atom is 0.226 e. The second kappa shape index (κ2) is 7.07. The topological polar surface area (TPSA) is 52.7 Å². The number of nitrogens with zero attached hydrogens (tertiary/aromatic N) is 2. The summed E-state index contributed by atoms with van der Waals surface area (Å²) in [5.74, 6) is 0.650. The lowest BCUT2D eigenvalue weighted by molar-refractivity contribution is -0.142. The predicted octanol–water partition coefficient (Wildman–Crippen LogP) is 0.845. The van der Waals surface area contributed by atoms with Gasteiger partial charge in [-0.1, -0.05) is 6.92 Å². The molecule has 2 fully saturated rings. The Balaban J connectivity index is 1.83. The molecule has 1 atom stereocenters. The molecule has 0 bridgehead atoms. The number of carbonyl (C=O) groups is 2. The van der Waals surface area contributed by atoms with E-state index in [1.165, 1.54) is 0 Å². The molecule has 0 aromatic rings. The maximum atomic E-state index is 12.6. The summed E-state index contributed by atoms with van der Waals surface area (Å²) in [7, 11) is 0. The second-order valence-electron chi connectivity index (χ2n) is 5.99. The molecule has 20 heavy (non-hydrogen) atoms. The van der Waals surface area contributed by atoms with Crippen LogP contribution in [0.3, 0.4) is 0 Å². The molecule has 0 radical (unpaired) electrons. The van der Waals surface area contributed by atoms with Crippen LogP contribution in [-0.4, -0.2) is 60.4 Å². The van der Waals surface area contributed by atoms with Crippen LogP contribution < -0.4 is 5.32 Å². The molecule has 5 nitrogen and oxygen atoms in total. The van der Waals surface area contributed by atoms with Crippen molar-refractivity contribution >= 4 is 11.8 Å². The normalized spacial score (nSPS) is 24.8. The molecule has 0 saturated carbocycles. The average molecular weight is 281 g/mol. The fraction of sp³-hybridized carbons (Fsp3) is 0.867. The van der Waals surface area contributed by atoms with E-state index in [-0.39, 0.29) is 17.9 Å². The SMILES string of the molecule is CCCC(=O)N1CCC(C(=O)N2CCNC[C@@H]2C)CC1. The highest BCUT2D eigenvalue weighted by molar-refractivity contribution is 5.80. The zero-order chi connectivity index (χ0) is 14.5. The van der Waals surface area contributed by atoms with Gasteiger partial charge >= 0.3 is 0 Å². The molecule has 0 aromatic carbocycles. The Hall–Kier alpha value is -1.10. The molecule has 2 amide bonds. The van der Waals surface area contributed by atoms with Gasteiger partial charge in [-0.2, -0.15) is 0 Å². The molecule has 5 heteroatoms. The predicted molar refractivity (Wildman–Crippen MR) is 78.3 cm³/mol. The van der Waals surface area contributed by atoms with E-state index in [2.05, 4.69) is 12.2 Å². The van der Waals surface area contributed by atoms with Crippen molar-refractivity contribution in [1.82, 2.24) is 15.1 Å². The quantitative estimate of drug-likeness (QED) is 0.834. The van der Waals surface area contributed by atoms with Gasteiger partial charge in [-0.25, -0.2) is 0 Å². The van der Waals surface area contributed by atoms with Crippen molar-refractivity contribution in [3.63, 3.8) is 0 Å². The zero-order valence-electron chi connectivity index (χ0n) is 12.7. The summed E-state index contributed by atoms with van der Waals surface area (Å²) in [5.41, 5.74) is 0. The van der Waals surface area contributed by atoms with Crippen molar-refractivity contribution in [3.8, 4) is 0 Å². The smallest absolute Gasteiger partial charge is 0.226 e. The number of carbonyl (C=O) groups excluding carboxylic acids is 2. The van der Waals surface area contributed by atoms with Crippen molar-refractivity contribution in [2.75, 3.05) is 32.7 Å². The number of piperidine rings is 1. The molecule has 2 aliphatic heterocycles. The fourth-order valence-corrected chi connectivity index (χ4v) is 3.15. The molecule has 0 unspecified atom stereocenters. The molecule has 2 rings (SSSR count). The van der Waals surface area contributed by atoms with Crippen LogP contribution in [0.2, 0.25) is 0 Å². The second-order valence-corrected chi connectivity index (χ2v) is 5.99. The van der Waals surface area contributed by atoms with Crippen molar-refractivity contribution in [1.29, 1.82) is 0 Å². The summed E-state index contributed by atoms with van der Waals surface area (Å²) >= 11 is 0. The van der Waals surface area contributed by atoms with Crippen LogP contribution in [0, 0.1) is 5.92 Å². The standard InChI is InChI=1S/C15H27N3O2/c1-3-4-14(19)17-8-5-13(6-9-17)15(20)18-10-7-16-11-12(18)2/h12-13,16H,3-11H2,1-2H3/t12-/m0/s1. The van der Waals surface area contributed by atoms with Gasteiger partial charge in [-0.3, -0.25) is 9.59 Å². The first-order valence-electron chi connectivity index (χ1n) is 7.92. The summed E-state index contributed by atoms with van der Waals surface area (Å²) in [6.45, 7) is 8.22. The number of nitrogens with one attached hydrogen (secondary N) is 1. The largest absolute Gasteiger partial charge is 0.343 e. The van der Waals surface area contributed by atoms with Crippen molar-refractivity contribution in [3.05, 3.63) is 0 Å². The number of amides is 2. The van der Waals surface area contributed by atoms with Gasteiger partial charge in [0.2, 0.25) is 11.8 Å². The first-order valence-corrected chi connectivity index (χ1v) is 7.92. The lowest BCUT2D eigenvalue weighted by Gasteiger charge is -2.39. The number of piperazine rings is 1. The maximum absolute atomic E-state index is 12.6. The van der Waals surface area contributed by atoms with Gasteiger partial charge in [-0.15, -0.1) is 0 Å². The van der Waals surface area contributed by atoms with Crippen LogP contribution >= 0.6 is 0 Å². The highest BCUT2D eigenvalue weighted by Gasteiger charge is 2.32. The number of hydrogen-bond donors (Lipinski definition) is 1. The first-order chi connectivity index (χ1) is 9.63. The summed E-state index contributed by atoms with van der Waals surface area (Å²) in [4.78, 5) is 28.4. The molecule has 2 aliphatic rings. The third kappa shape index (κ3) is 3.51. The monoisotopic (exact) mass is 281 g/mol. The van der Waals surface area contributed by atoms with E-state index >= 15 is 0 Å². The van der Waals surface area contributed by atoms with Gasteiger partial charge in [0.1, 0.15) is 0 Å². The Labute approximate surface area is 121 Å². The zero-order valence-corrected chi connectivity index (χ0v) is 12.7. The van der Waals surface area contributed by atoms with Crippen LogP contribution in [0.4, 0.5) is 0 Å². The Bertz CT molecular complexity index is 351. The molecule has 0 spiro atoms. The van der Waals surface area contributed by atoms with Crippen molar-refractivity contribution in [2.24, 2.45) is 5.92 Å². The minimum absolute atomic E-state index is 0.112. The summed E-state index contributed by atoms with van der Waals surface area (Å²) in [6, 6.07) is 0.288. The van der Waals surface area contributed by atoms with Crippen LogP contribution in [0.1, 0.15) is 39.5 Å². The van der Waals surface area contributed by atoms with Gasteiger partial charge in [-0.05, 0) is 26.2 Å². The third-order valence-corrected chi connectivity index (χ3v) is 4.45. The van der Waals surface area contributed by atoms with Gasteiger partial charge in [0.25, 0.3) is 0 Å². The minimum atomic E-state index is 0.112. The fourth-order valence-electron chi connectivity index (χ4n) is 3.15. The summed E-state index contributed by atoms with van der Waals surface area (Å²) in [5, 5.41) is 3.31.